The van der Waals surface area contributed by atoms with Gasteiger partial charge in [0, 0.05) is 29.6 Å². The molecule has 0 saturated carbocycles. The zero-order chi connectivity index (χ0) is 3.54. The molecule has 1 aromatic rings. The summed E-state index contributed by atoms with van der Waals surface area (Å²) in [6.07, 6.45) is 3.25. The second kappa shape index (κ2) is 3.47. The second-order valence-electron chi connectivity index (χ2n) is 0.793. The van der Waals surface area contributed by atoms with Gasteiger partial charge in [-0.3, -0.25) is 0 Å². The summed E-state index contributed by atoms with van der Waals surface area (Å²) < 4.78 is 4.58. The Morgan fingerprint density at radius 2 is 1.50 bits per heavy atom. The molecule has 27 valence electrons. The van der Waals surface area contributed by atoms with Crippen LogP contribution in [0.1, 0.15) is 0 Å². The third-order valence-electron chi connectivity index (χ3n) is 0.425. The zero-order valence-corrected chi connectivity index (χ0v) is 5.72. The van der Waals surface area contributed by atoms with Crippen molar-refractivity contribution in [2.24, 2.45) is 0 Å². The molecule has 1 aromatic heterocycles. The van der Waals surface area contributed by atoms with E-state index in [1.807, 2.05) is 12.1 Å². The van der Waals surface area contributed by atoms with Gasteiger partial charge >= 0.3 is 0 Å². The van der Waals surface area contributed by atoms with Crippen molar-refractivity contribution >= 4 is 29.6 Å². The Kier molecular flexibility index (Phi) is 3.63. The van der Waals surface area contributed by atoms with Crippen LogP contribution >= 0.6 is 0 Å². The monoisotopic (exact) mass is 91.0 g/mol. The molecule has 0 atom stereocenters. The van der Waals surface area contributed by atoms with Crippen LogP contribution in [0.4, 0.5) is 0 Å². The third kappa shape index (κ3) is 1.65. The van der Waals surface area contributed by atoms with Gasteiger partial charge in [-0.05, 0) is 12.1 Å². The molecule has 0 spiro atoms. The van der Waals surface area contributed by atoms with Crippen molar-refractivity contribution in [3.63, 3.8) is 0 Å². The van der Waals surface area contributed by atoms with Crippen LogP contribution < -0.4 is 0 Å². The zero-order valence-electron chi connectivity index (χ0n) is 3.72. The van der Waals surface area contributed by atoms with Crippen LogP contribution in [0.15, 0.2) is 29.1 Å². The summed E-state index contributed by atoms with van der Waals surface area (Å²) in [7, 11) is 0. The third-order valence-corrected chi connectivity index (χ3v) is 0.425. The largest absolute Gasteiger partial charge is 0.473 e. The summed E-state index contributed by atoms with van der Waals surface area (Å²) >= 11 is 0. The minimum atomic E-state index is 0. The molecule has 1 rings (SSSR count). The quantitative estimate of drug-likeness (QED) is 0.432. The van der Waals surface area contributed by atoms with Crippen LogP contribution in [-0.4, -0.2) is 29.6 Å². The average Bonchev–Trinajstić information content (AvgIpc) is 1.76. The fourth-order valence-corrected chi connectivity index (χ4v) is 0.227. The number of hydrogen-bond donors (Lipinski definition) is 0. The fraction of sp³-hybridized carbons (Fsp3) is 0. The van der Waals surface area contributed by atoms with Gasteiger partial charge in [-0.1, -0.05) is 0 Å². The van der Waals surface area contributed by atoms with Crippen LogP contribution in [0, 0.1) is 0 Å². The molecular weight excluding hydrogens is 87.0 g/mol. The van der Waals surface area contributed by atoms with Crippen molar-refractivity contribution < 1.29 is 4.42 Å². The first kappa shape index (κ1) is 6.28. The van der Waals surface area contributed by atoms with Gasteiger partial charge in [0.05, 0.1) is 12.5 Å². The summed E-state index contributed by atoms with van der Waals surface area (Å²) in [5, 5.41) is 0. The van der Waals surface area contributed by atoms with Crippen LogP contribution in [0.3, 0.4) is 0 Å². The first-order valence-electron chi connectivity index (χ1n) is 1.47. The summed E-state index contributed by atoms with van der Waals surface area (Å²) in [5.41, 5.74) is 0. The Bertz CT molecular complexity index is 64.0. The maximum absolute atomic E-state index is 4.58. The van der Waals surface area contributed by atoms with E-state index in [2.05, 4.69) is 4.42 Å². The fourth-order valence-electron chi connectivity index (χ4n) is 0.227. The van der Waals surface area contributed by atoms with Crippen molar-refractivity contribution in [1.82, 2.24) is 0 Å². The molecular formula is C4H4NaO. The van der Waals surface area contributed by atoms with Crippen molar-refractivity contribution in [3.8, 4) is 0 Å². The molecule has 0 unspecified atom stereocenters. The first-order valence-corrected chi connectivity index (χ1v) is 1.47. The summed E-state index contributed by atoms with van der Waals surface area (Å²) in [4.78, 5) is 0. The van der Waals surface area contributed by atoms with Crippen LogP contribution in [0.2, 0.25) is 0 Å². The Morgan fingerprint density at radius 3 is 1.67 bits per heavy atom. The molecule has 0 amide bonds. The van der Waals surface area contributed by atoms with E-state index >= 15 is 0 Å². The minimum absolute atomic E-state index is 0. The van der Waals surface area contributed by atoms with Gasteiger partial charge in [0.1, 0.15) is 0 Å². The molecule has 0 N–H and O–H groups in total. The second-order valence-corrected chi connectivity index (χ2v) is 0.793. The van der Waals surface area contributed by atoms with E-state index in [1.165, 1.54) is 0 Å². The SMILES string of the molecule is [Na].c1ccoc1. The molecule has 1 radical (unpaired) electrons. The van der Waals surface area contributed by atoms with E-state index in [4.69, 9.17) is 0 Å². The Labute approximate surface area is 58.6 Å². The molecule has 0 aromatic carbocycles. The van der Waals surface area contributed by atoms with E-state index < -0.39 is 0 Å². The summed E-state index contributed by atoms with van der Waals surface area (Å²) in [6.45, 7) is 0. The van der Waals surface area contributed by atoms with Crippen molar-refractivity contribution in [3.05, 3.63) is 24.7 Å². The molecule has 0 aliphatic carbocycles. The molecule has 1 nitrogen and oxygen atoms in total. The van der Waals surface area contributed by atoms with Crippen molar-refractivity contribution in [2.75, 3.05) is 0 Å². The predicted molar refractivity (Wildman–Crippen MR) is 24.5 cm³/mol. The van der Waals surface area contributed by atoms with Crippen LogP contribution in [0.25, 0.3) is 0 Å². The van der Waals surface area contributed by atoms with E-state index in [9.17, 15) is 0 Å². The number of hydrogen-bond acceptors (Lipinski definition) is 1. The smallest absolute Gasteiger partial charge is 0.0902 e. The predicted octanol–water partition coefficient (Wildman–Crippen LogP) is 0.899. The van der Waals surface area contributed by atoms with E-state index in [0.717, 1.165) is 0 Å². The van der Waals surface area contributed by atoms with Crippen molar-refractivity contribution in [2.45, 2.75) is 0 Å². The average molecular weight is 91.1 g/mol. The Hall–Kier alpha value is 0.280. The van der Waals surface area contributed by atoms with E-state index in [1.54, 1.807) is 12.5 Å². The number of rotatable bonds is 0. The molecule has 0 fully saturated rings. The Morgan fingerprint density at radius 1 is 1.00 bits per heavy atom. The molecule has 0 bridgehead atoms. The topological polar surface area (TPSA) is 13.1 Å². The van der Waals surface area contributed by atoms with Gasteiger partial charge in [0.15, 0.2) is 0 Å². The first-order chi connectivity index (χ1) is 2.50. The standard InChI is InChI=1S/C4H4O.Na/c1-2-4-5-3-1;/h1-4H;. The summed E-state index contributed by atoms with van der Waals surface area (Å²) in [5.74, 6) is 0. The van der Waals surface area contributed by atoms with Crippen molar-refractivity contribution in [1.29, 1.82) is 0 Å². The van der Waals surface area contributed by atoms with Gasteiger partial charge in [-0.25, -0.2) is 0 Å². The maximum atomic E-state index is 4.58. The van der Waals surface area contributed by atoms with Crippen LogP contribution in [-0.2, 0) is 0 Å². The van der Waals surface area contributed by atoms with E-state index in [-0.39, 0.29) is 29.6 Å². The molecule has 0 saturated heterocycles. The normalized spacial score (nSPS) is 6.67. The molecule has 2 heteroatoms. The summed E-state index contributed by atoms with van der Waals surface area (Å²) in [6, 6.07) is 3.67. The molecule has 0 aliphatic heterocycles. The van der Waals surface area contributed by atoms with Gasteiger partial charge in [-0.2, -0.15) is 0 Å². The van der Waals surface area contributed by atoms with Gasteiger partial charge in [0.25, 0.3) is 0 Å². The van der Waals surface area contributed by atoms with Gasteiger partial charge in [-0.15, -0.1) is 0 Å². The minimum Gasteiger partial charge on any atom is -0.473 e. The van der Waals surface area contributed by atoms with Gasteiger partial charge < -0.3 is 4.42 Å². The van der Waals surface area contributed by atoms with Crippen LogP contribution in [0.5, 0.6) is 0 Å². The number of furan rings is 1. The molecule has 6 heavy (non-hydrogen) atoms. The Balaban J connectivity index is 0.000000250. The van der Waals surface area contributed by atoms with E-state index in [0.29, 0.717) is 0 Å². The molecule has 0 aliphatic rings. The van der Waals surface area contributed by atoms with Gasteiger partial charge in [0.2, 0.25) is 0 Å². The molecule has 1 heterocycles. The maximum Gasteiger partial charge on any atom is 0.0902 e.